The number of hydrogen-bond donors (Lipinski definition) is 0. The number of carbonyl (C=O) groups is 1. The molecule has 4 nitrogen and oxygen atoms in total. The summed E-state index contributed by atoms with van der Waals surface area (Å²) >= 11 is 0. The SMILES string of the molecule is COC(C)OCCOC(=O)CCC1CCCCC1. The molecule has 4 heteroatoms. The van der Waals surface area contributed by atoms with Gasteiger partial charge in [0.15, 0.2) is 6.29 Å². The fourth-order valence-corrected chi connectivity index (χ4v) is 2.31. The Hall–Kier alpha value is -0.610. The van der Waals surface area contributed by atoms with E-state index in [2.05, 4.69) is 0 Å². The van der Waals surface area contributed by atoms with Crippen molar-refractivity contribution < 1.29 is 19.0 Å². The number of methoxy groups -OCH3 is 1. The van der Waals surface area contributed by atoms with Gasteiger partial charge in [-0.3, -0.25) is 4.79 Å². The highest BCUT2D eigenvalue weighted by molar-refractivity contribution is 5.69. The van der Waals surface area contributed by atoms with Crippen LogP contribution in [-0.4, -0.2) is 32.6 Å². The summed E-state index contributed by atoms with van der Waals surface area (Å²) < 4.78 is 15.3. The summed E-state index contributed by atoms with van der Waals surface area (Å²) in [7, 11) is 1.58. The lowest BCUT2D eigenvalue weighted by atomic mass is 9.86. The third-order valence-electron chi connectivity index (χ3n) is 3.51. The van der Waals surface area contributed by atoms with Crippen molar-refractivity contribution in [2.75, 3.05) is 20.3 Å². The van der Waals surface area contributed by atoms with Gasteiger partial charge in [-0.15, -0.1) is 0 Å². The number of esters is 1. The summed E-state index contributed by atoms with van der Waals surface area (Å²) in [5.41, 5.74) is 0. The van der Waals surface area contributed by atoms with E-state index in [9.17, 15) is 4.79 Å². The van der Waals surface area contributed by atoms with E-state index in [0.717, 1.165) is 12.3 Å². The van der Waals surface area contributed by atoms with E-state index in [0.29, 0.717) is 19.6 Å². The van der Waals surface area contributed by atoms with Gasteiger partial charge in [0.1, 0.15) is 6.61 Å². The van der Waals surface area contributed by atoms with E-state index in [4.69, 9.17) is 14.2 Å². The van der Waals surface area contributed by atoms with Crippen molar-refractivity contribution in [2.45, 2.75) is 58.2 Å². The molecule has 1 fully saturated rings. The first-order chi connectivity index (χ1) is 8.72. The van der Waals surface area contributed by atoms with Gasteiger partial charge >= 0.3 is 5.97 Å². The van der Waals surface area contributed by atoms with Crippen LogP contribution in [0.2, 0.25) is 0 Å². The lowest BCUT2D eigenvalue weighted by molar-refractivity contribution is -0.152. The Kier molecular flexibility index (Phi) is 8.01. The summed E-state index contributed by atoms with van der Waals surface area (Å²) in [5, 5.41) is 0. The molecule has 1 atom stereocenters. The molecule has 1 aliphatic rings. The van der Waals surface area contributed by atoms with Gasteiger partial charge in [-0.25, -0.2) is 0 Å². The van der Waals surface area contributed by atoms with Gasteiger partial charge < -0.3 is 14.2 Å². The molecular weight excluding hydrogens is 232 g/mol. The van der Waals surface area contributed by atoms with Gasteiger partial charge in [0, 0.05) is 13.5 Å². The average molecular weight is 258 g/mol. The van der Waals surface area contributed by atoms with E-state index >= 15 is 0 Å². The van der Waals surface area contributed by atoms with Crippen molar-refractivity contribution in [1.82, 2.24) is 0 Å². The van der Waals surface area contributed by atoms with Gasteiger partial charge in [0.25, 0.3) is 0 Å². The Balaban J connectivity index is 1.96. The number of carbonyl (C=O) groups excluding carboxylic acids is 1. The first-order valence-corrected chi connectivity index (χ1v) is 7.02. The molecule has 0 aromatic rings. The van der Waals surface area contributed by atoms with Gasteiger partial charge in [-0.1, -0.05) is 32.1 Å². The van der Waals surface area contributed by atoms with Crippen LogP contribution in [0.5, 0.6) is 0 Å². The van der Waals surface area contributed by atoms with Gasteiger partial charge in [-0.05, 0) is 19.3 Å². The molecule has 1 aliphatic carbocycles. The van der Waals surface area contributed by atoms with E-state index in [1.807, 2.05) is 6.92 Å². The summed E-state index contributed by atoms with van der Waals surface area (Å²) in [5.74, 6) is 0.630. The second-order valence-electron chi connectivity index (χ2n) is 4.94. The van der Waals surface area contributed by atoms with Crippen LogP contribution < -0.4 is 0 Å². The smallest absolute Gasteiger partial charge is 0.305 e. The van der Waals surface area contributed by atoms with E-state index < -0.39 is 0 Å². The maximum absolute atomic E-state index is 11.5. The van der Waals surface area contributed by atoms with Crippen molar-refractivity contribution in [1.29, 1.82) is 0 Å². The van der Waals surface area contributed by atoms with Crippen LogP contribution in [0.1, 0.15) is 51.9 Å². The van der Waals surface area contributed by atoms with Crippen LogP contribution in [0, 0.1) is 5.92 Å². The minimum atomic E-state index is -0.244. The highest BCUT2D eigenvalue weighted by Crippen LogP contribution is 2.27. The first-order valence-electron chi connectivity index (χ1n) is 7.02. The Bertz CT molecular complexity index is 224. The lowest BCUT2D eigenvalue weighted by Gasteiger charge is -2.20. The average Bonchev–Trinajstić information content (AvgIpc) is 2.42. The summed E-state index contributed by atoms with van der Waals surface area (Å²) in [6.07, 6.45) is 7.84. The molecule has 1 unspecified atom stereocenters. The predicted octanol–water partition coefficient (Wildman–Crippen LogP) is 2.90. The number of ether oxygens (including phenoxy) is 3. The summed E-state index contributed by atoms with van der Waals surface area (Å²) in [4.78, 5) is 11.5. The van der Waals surface area contributed by atoms with Crippen molar-refractivity contribution in [3.05, 3.63) is 0 Å². The fraction of sp³-hybridized carbons (Fsp3) is 0.929. The fourth-order valence-electron chi connectivity index (χ4n) is 2.31. The van der Waals surface area contributed by atoms with E-state index in [-0.39, 0.29) is 12.3 Å². The zero-order chi connectivity index (χ0) is 13.2. The van der Waals surface area contributed by atoms with Crippen LogP contribution in [0.15, 0.2) is 0 Å². The Labute approximate surface area is 110 Å². The van der Waals surface area contributed by atoms with Crippen LogP contribution >= 0.6 is 0 Å². The Morgan fingerprint density at radius 3 is 2.61 bits per heavy atom. The topological polar surface area (TPSA) is 44.8 Å². The third kappa shape index (κ3) is 6.97. The molecule has 106 valence electrons. The number of hydrogen-bond acceptors (Lipinski definition) is 4. The maximum Gasteiger partial charge on any atom is 0.305 e. The highest BCUT2D eigenvalue weighted by atomic mass is 16.7. The van der Waals surface area contributed by atoms with Gasteiger partial charge in [-0.2, -0.15) is 0 Å². The standard InChI is InChI=1S/C14H26O4/c1-12(16-2)17-10-11-18-14(15)9-8-13-6-4-3-5-7-13/h12-13H,3-11H2,1-2H3. The molecule has 0 spiro atoms. The second kappa shape index (κ2) is 9.34. The minimum absolute atomic E-state index is 0.103. The summed E-state index contributed by atoms with van der Waals surface area (Å²) in [6, 6.07) is 0. The maximum atomic E-state index is 11.5. The van der Waals surface area contributed by atoms with E-state index in [1.165, 1.54) is 32.1 Å². The van der Waals surface area contributed by atoms with Crippen molar-refractivity contribution in [3.8, 4) is 0 Å². The zero-order valence-electron chi connectivity index (χ0n) is 11.7. The first kappa shape index (κ1) is 15.4. The van der Waals surface area contributed by atoms with Crippen LogP contribution in [-0.2, 0) is 19.0 Å². The molecule has 18 heavy (non-hydrogen) atoms. The largest absolute Gasteiger partial charge is 0.463 e. The molecule has 0 aromatic heterocycles. The molecule has 1 saturated carbocycles. The molecule has 0 amide bonds. The van der Waals surface area contributed by atoms with Crippen LogP contribution in [0.25, 0.3) is 0 Å². The molecule has 0 aliphatic heterocycles. The quantitative estimate of drug-likeness (QED) is 0.381. The van der Waals surface area contributed by atoms with Crippen molar-refractivity contribution >= 4 is 5.97 Å². The van der Waals surface area contributed by atoms with Gasteiger partial charge in [0.2, 0.25) is 0 Å². The predicted molar refractivity (Wildman–Crippen MR) is 69.2 cm³/mol. The minimum Gasteiger partial charge on any atom is -0.463 e. The van der Waals surface area contributed by atoms with E-state index in [1.54, 1.807) is 7.11 Å². The molecule has 1 rings (SSSR count). The van der Waals surface area contributed by atoms with Gasteiger partial charge in [0.05, 0.1) is 6.61 Å². The highest BCUT2D eigenvalue weighted by Gasteiger charge is 2.15. The third-order valence-corrected chi connectivity index (χ3v) is 3.51. The van der Waals surface area contributed by atoms with Crippen molar-refractivity contribution in [2.24, 2.45) is 5.92 Å². The van der Waals surface area contributed by atoms with Crippen molar-refractivity contribution in [3.63, 3.8) is 0 Å². The monoisotopic (exact) mass is 258 g/mol. The lowest BCUT2D eigenvalue weighted by Crippen LogP contribution is -2.17. The molecule has 0 N–H and O–H groups in total. The summed E-state index contributed by atoms with van der Waals surface area (Å²) in [6.45, 7) is 2.52. The molecular formula is C14H26O4. The number of rotatable bonds is 8. The van der Waals surface area contributed by atoms with Crippen LogP contribution in [0.3, 0.4) is 0 Å². The molecule has 0 aromatic carbocycles. The normalized spacial score (nSPS) is 18.6. The molecule has 0 saturated heterocycles. The zero-order valence-corrected chi connectivity index (χ0v) is 11.7. The molecule has 0 heterocycles. The molecule has 0 radical (unpaired) electrons. The Morgan fingerprint density at radius 1 is 1.22 bits per heavy atom. The molecule has 0 bridgehead atoms. The second-order valence-corrected chi connectivity index (χ2v) is 4.94. The van der Waals surface area contributed by atoms with Crippen LogP contribution in [0.4, 0.5) is 0 Å². The Morgan fingerprint density at radius 2 is 1.94 bits per heavy atom.